The van der Waals surface area contributed by atoms with Crippen molar-refractivity contribution in [3.8, 4) is 0 Å². The molecule has 0 unspecified atom stereocenters. The molecule has 1 aliphatic rings. The summed E-state index contributed by atoms with van der Waals surface area (Å²) < 4.78 is 5.20. The van der Waals surface area contributed by atoms with Crippen LogP contribution in [0, 0.1) is 0 Å². The number of hydrogen-bond donors (Lipinski definition) is 2. The van der Waals surface area contributed by atoms with Crippen molar-refractivity contribution in [1.82, 2.24) is 5.43 Å². The molecule has 1 aromatic heterocycles. The summed E-state index contributed by atoms with van der Waals surface area (Å²) in [5.41, 5.74) is 6.12. The third-order valence-electron chi connectivity index (χ3n) is 4.65. The number of fused-ring (bicyclic) bond motifs is 1. The Morgan fingerprint density at radius 2 is 1.93 bits per heavy atom. The van der Waals surface area contributed by atoms with Gasteiger partial charge in [-0.1, -0.05) is 31.2 Å². The number of carbonyl (C=O) groups is 2. The van der Waals surface area contributed by atoms with Gasteiger partial charge in [0.25, 0.3) is 0 Å². The van der Waals surface area contributed by atoms with Gasteiger partial charge < -0.3 is 4.74 Å². The van der Waals surface area contributed by atoms with Gasteiger partial charge >= 0.3 is 12.0 Å². The number of carbonyl (C=O) groups excluding carboxylic acids is 2. The number of rotatable bonds is 6. The van der Waals surface area contributed by atoms with E-state index in [1.807, 2.05) is 24.3 Å². The second-order valence-electron chi connectivity index (χ2n) is 6.55. The Labute approximate surface area is 169 Å². The van der Waals surface area contributed by atoms with Gasteiger partial charge in [-0.3, -0.25) is 5.32 Å². The zero-order valence-electron chi connectivity index (χ0n) is 16.2. The van der Waals surface area contributed by atoms with Crippen LogP contribution in [0.25, 0.3) is 0 Å². The Bertz CT molecular complexity index is 872. The molecule has 1 aromatic carbocycles. The maximum absolute atomic E-state index is 12.4. The SMILES string of the molecule is CCOC(=O)c1c(NC(=O)NN=Cc2ccc(CC)cc2)sc2c1CCCC2. The minimum Gasteiger partial charge on any atom is -0.462 e. The van der Waals surface area contributed by atoms with Crippen LogP contribution in [0.4, 0.5) is 9.80 Å². The van der Waals surface area contributed by atoms with Gasteiger partial charge in [0.15, 0.2) is 0 Å². The molecule has 3 rings (SSSR count). The fraction of sp³-hybridized carbons (Fsp3) is 0.381. The third-order valence-corrected chi connectivity index (χ3v) is 5.85. The van der Waals surface area contributed by atoms with E-state index in [1.165, 1.54) is 16.9 Å². The van der Waals surface area contributed by atoms with Crippen LogP contribution < -0.4 is 10.7 Å². The molecular weight excluding hydrogens is 374 g/mol. The highest BCUT2D eigenvalue weighted by molar-refractivity contribution is 7.17. The molecule has 2 N–H and O–H groups in total. The quantitative estimate of drug-likeness (QED) is 0.426. The van der Waals surface area contributed by atoms with E-state index in [1.54, 1.807) is 13.1 Å². The van der Waals surface area contributed by atoms with Gasteiger partial charge in [-0.25, -0.2) is 15.0 Å². The third kappa shape index (κ3) is 4.78. The number of nitrogens with zero attached hydrogens (tertiary/aromatic N) is 1. The fourth-order valence-corrected chi connectivity index (χ4v) is 4.48. The van der Waals surface area contributed by atoms with E-state index in [9.17, 15) is 9.59 Å². The van der Waals surface area contributed by atoms with E-state index in [2.05, 4.69) is 22.8 Å². The topological polar surface area (TPSA) is 79.8 Å². The maximum atomic E-state index is 12.4. The Morgan fingerprint density at radius 3 is 2.64 bits per heavy atom. The van der Waals surface area contributed by atoms with Crippen LogP contribution in [-0.2, 0) is 24.0 Å². The Kier molecular flexibility index (Phi) is 6.81. The lowest BCUT2D eigenvalue weighted by atomic mass is 9.95. The van der Waals surface area contributed by atoms with E-state index in [4.69, 9.17) is 4.74 Å². The standard InChI is InChI=1S/C21H25N3O3S/c1-3-14-9-11-15(12-10-14)13-22-24-21(26)23-19-18(20(25)27-4-2)16-7-5-6-8-17(16)28-19/h9-13H,3-8H2,1-2H3,(H2,23,24,26). The lowest BCUT2D eigenvalue weighted by Crippen LogP contribution is -2.25. The van der Waals surface area contributed by atoms with E-state index in [-0.39, 0.29) is 5.97 Å². The molecule has 0 saturated carbocycles. The molecule has 0 bridgehead atoms. The van der Waals surface area contributed by atoms with Crippen molar-refractivity contribution in [2.24, 2.45) is 5.10 Å². The number of hydrazone groups is 1. The van der Waals surface area contributed by atoms with Crippen LogP contribution in [0.1, 0.15) is 58.6 Å². The Hall–Kier alpha value is -2.67. The van der Waals surface area contributed by atoms with Crippen LogP contribution in [0.15, 0.2) is 29.4 Å². The van der Waals surface area contributed by atoms with E-state index in [0.717, 1.165) is 48.1 Å². The number of anilines is 1. The van der Waals surface area contributed by atoms with Gasteiger partial charge in [0.1, 0.15) is 5.00 Å². The van der Waals surface area contributed by atoms with Crippen LogP contribution in [-0.4, -0.2) is 24.8 Å². The Balaban J connectivity index is 1.68. The van der Waals surface area contributed by atoms with E-state index in [0.29, 0.717) is 17.2 Å². The number of urea groups is 1. The first kappa shape index (κ1) is 20.1. The van der Waals surface area contributed by atoms with Crippen LogP contribution in [0.3, 0.4) is 0 Å². The van der Waals surface area contributed by atoms with Crippen molar-refractivity contribution in [3.63, 3.8) is 0 Å². The van der Waals surface area contributed by atoms with Gasteiger partial charge in [0.2, 0.25) is 0 Å². The van der Waals surface area contributed by atoms with E-state index >= 15 is 0 Å². The van der Waals surface area contributed by atoms with Gasteiger partial charge in [-0.05, 0) is 55.7 Å². The van der Waals surface area contributed by atoms with Crippen molar-refractivity contribution in [1.29, 1.82) is 0 Å². The molecule has 28 heavy (non-hydrogen) atoms. The van der Waals surface area contributed by atoms with Crippen molar-refractivity contribution < 1.29 is 14.3 Å². The molecule has 1 aliphatic carbocycles. The average Bonchev–Trinajstić information content (AvgIpc) is 3.06. The molecule has 0 spiro atoms. The van der Waals surface area contributed by atoms with Crippen LogP contribution in [0.2, 0.25) is 0 Å². The molecule has 0 aliphatic heterocycles. The van der Waals surface area contributed by atoms with E-state index < -0.39 is 6.03 Å². The first-order valence-corrected chi connectivity index (χ1v) is 10.4. The van der Waals surface area contributed by atoms with Gasteiger partial charge in [-0.2, -0.15) is 5.10 Å². The summed E-state index contributed by atoms with van der Waals surface area (Å²) in [6.07, 6.45) is 6.48. The molecular formula is C21H25N3O3S. The van der Waals surface area contributed by atoms with Gasteiger partial charge in [0.05, 0.1) is 18.4 Å². The number of aryl methyl sites for hydroxylation is 2. The number of hydrogen-bond acceptors (Lipinski definition) is 5. The monoisotopic (exact) mass is 399 g/mol. The number of nitrogens with one attached hydrogen (secondary N) is 2. The van der Waals surface area contributed by atoms with Gasteiger partial charge in [-0.15, -0.1) is 11.3 Å². The van der Waals surface area contributed by atoms with Crippen molar-refractivity contribution in [2.45, 2.75) is 46.0 Å². The lowest BCUT2D eigenvalue weighted by molar-refractivity contribution is 0.0526. The number of benzene rings is 1. The Morgan fingerprint density at radius 1 is 1.18 bits per heavy atom. The molecule has 0 atom stereocenters. The minimum absolute atomic E-state index is 0.302. The lowest BCUT2D eigenvalue weighted by Gasteiger charge is -2.12. The van der Waals surface area contributed by atoms with Crippen molar-refractivity contribution in [2.75, 3.05) is 11.9 Å². The highest BCUT2D eigenvalue weighted by Gasteiger charge is 2.27. The molecule has 148 valence electrons. The fourth-order valence-electron chi connectivity index (χ4n) is 3.21. The summed E-state index contributed by atoms with van der Waals surface area (Å²) in [7, 11) is 0. The largest absolute Gasteiger partial charge is 0.462 e. The molecule has 7 heteroatoms. The molecule has 1 heterocycles. The summed E-state index contributed by atoms with van der Waals surface area (Å²) in [5.74, 6) is -0.378. The van der Waals surface area contributed by atoms with Crippen molar-refractivity contribution in [3.05, 3.63) is 51.4 Å². The summed E-state index contributed by atoms with van der Waals surface area (Å²) in [5, 5.41) is 7.29. The molecule has 0 saturated heterocycles. The highest BCUT2D eigenvalue weighted by atomic mass is 32.1. The van der Waals surface area contributed by atoms with Gasteiger partial charge in [0, 0.05) is 4.88 Å². The average molecular weight is 400 g/mol. The second kappa shape index (κ2) is 9.50. The first-order chi connectivity index (χ1) is 13.6. The smallest absolute Gasteiger partial charge is 0.341 e. The molecule has 6 nitrogen and oxygen atoms in total. The molecule has 2 aromatic rings. The zero-order chi connectivity index (χ0) is 19.9. The minimum atomic E-state index is -0.481. The number of ether oxygens (including phenoxy) is 1. The zero-order valence-corrected chi connectivity index (χ0v) is 17.0. The maximum Gasteiger partial charge on any atom is 0.341 e. The number of thiophene rings is 1. The summed E-state index contributed by atoms with van der Waals surface area (Å²) in [6, 6.07) is 7.49. The van der Waals surface area contributed by atoms with Crippen molar-refractivity contribution >= 4 is 34.6 Å². The number of esters is 1. The predicted molar refractivity (Wildman–Crippen MR) is 112 cm³/mol. The molecule has 2 amide bonds. The highest BCUT2D eigenvalue weighted by Crippen LogP contribution is 2.38. The summed E-state index contributed by atoms with van der Waals surface area (Å²) >= 11 is 1.45. The summed E-state index contributed by atoms with van der Waals surface area (Å²) in [6.45, 7) is 4.18. The predicted octanol–water partition coefficient (Wildman–Crippen LogP) is 4.52. The summed E-state index contributed by atoms with van der Waals surface area (Å²) in [4.78, 5) is 25.8. The molecule has 0 radical (unpaired) electrons. The van der Waals surface area contributed by atoms with Crippen LogP contribution >= 0.6 is 11.3 Å². The first-order valence-electron chi connectivity index (χ1n) is 9.63. The number of amides is 2. The van der Waals surface area contributed by atoms with Crippen LogP contribution in [0.5, 0.6) is 0 Å². The molecule has 0 fully saturated rings. The second-order valence-corrected chi connectivity index (χ2v) is 7.66. The normalized spacial score (nSPS) is 13.2.